The quantitative estimate of drug-likeness (QED) is 0.890. The third-order valence-electron chi connectivity index (χ3n) is 3.71. The van der Waals surface area contributed by atoms with E-state index in [0.29, 0.717) is 23.7 Å². The van der Waals surface area contributed by atoms with Crippen molar-refractivity contribution in [3.63, 3.8) is 0 Å². The summed E-state index contributed by atoms with van der Waals surface area (Å²) in [7, 11) is 0. The van der Waals surface area contributed by atoms with Crippen LogP contribution in [0, 0.1) is 17.2 Å². The van der Waals surface area contributed by atoms with E-state index in [1.54, 1.807) is 12.1 Å². The van der Waals surface area contributed by atoms with Crippen LogP contribution in [0.4, 0.5) is 0 Å². The van der Waals surface area contributed by atoms with E-state index in [9.17, 15) is 4.79 Å². The Morgan fingerprint density at radius 3 is 2.83 bits per heavy atom. The summed E-state index contributed by atoms with van der Waals surface area (Å²) in [6.07, 6.45) is 3.87. The second-order valence-electron chi connectivity index (χ2n) is 5.59. The Kier molecular flexibility index (Phi) is 4.53. The van der Waals surface area contributed by atoms with Gasteiger partial charge in [0.25, 0.3) is 5.91 Å². The van der Waals surface area contributed by atoms with Crippen molar-refractivity contribution < 1.29 is 9.53 Å². The summed E-state index contributed by atoms with van der Waals surface area (Å²) in [5, 5.41) is 11.6. The van der Waals surface area contributed by atoms with Gasteiger partial charge in [0.15, 0.2) is 0 Å². The SMILES string of the molecule is N#Cc1ccc(C(=O)NCc2ccccc2OCC2CC2)nc1. The van der Waals surface area contributed by atoms with Gasteiger partial charge in [-0.05, 0) is 37.0 Å². The molecule has 1 aliphatic carbocycles. The maximum Gasteiger partial charge on any atom is 0.270 e. The summed E-state index contributed by atoms with van der Waals surface area (Å²) in [6, 6.07) is 12.8. The maximum absolute atomic E-state index is 12.1. The number of ether oxygens (including phenoxy) is 1. The molecule has 2 aromatic rings. The van der Waals surface area contributed by atoms with Crippen molar-refractivity contribution in [1.82, 2.24) is 10.3 Å². The molecule has 0 saturated heterocycles. The number of aromatic nitrogens is 1. The minimum atomic E-state index is -0.272. The lowest BCUT2D eigenvalue weighted by Gasteiger charge is -2.11. The monoisotopic (exact) mass is 307 g/mol. The Hall–Kier alpha value is -2.87. The molecule has 116 valence electrons. The highest BCUT2D eigenvalue weighted by Crippen LogP contribution is 2.30. The average molecular weight is 307 g/mol. The summed E-state index contributed by atoms with van der Waals surface area (Å²) < 4.78 is 5.83. The largest absolute Gasteiger partial charge is 0.493 e. The Labute approximate surface area is 134 Å². The molecule has 0 unspecified atom stereocenters. The highest BCUT2D eigenvalue weighted by Gasteiger charge is 2.22. The topological polar surface area (TPSA) is 75.0 Å². The van der Waals surface area contributed by atoms with Crippen LogP contribution in [0.2, 0.25) is 0 Å². The normalized spacial score (nSPS) is 13.2. The number of rotatable bonds is 6. The molecule has 5 nitrogen and oxygen atoms in total. The number of nitrogens with one attached hydrogen (secondary N) is 1. The first-order valence-corrected chi connectivity index (χ1v) is 7.61. The van der Waals surface area contributed by atoms with Crippen LogP contribution >= 0.6 is 0 Å². The van der Waals surface area contributed by atoms with E-state index in [-0.39, 0.29) is 5.91 Å². The van der Waals surface area contributed by atoms with Crippen LogP contribution in [-0.2, 0) is 6.54 Å². The summed E-state index contributed by atoms with van der Waals surface area (Å²) in [4.78, 5) is 16.1. The summed E-state index contributed by atoms with van der Waals surface area (Å²) in [5.41, 5.74) is 1.66. The minimum Gasteiger partial charge on any atom is -0.493 e. The van der Waals surface area contributed by atoms with Gasteiger partial charge in [-0.3, -0.25) is 4.79 Å². The molecule has 0 spiro atoms. The fourth-order valence-electron chi connectivity index (χ4n) is 2.14. The Morgan fingerprint density at radius 2 is 2.13 bits per heavy atom. The molecule has 1 aliphatic rings. The molecule has 0 atom stereocenters. The predicted molar refractivity (Wildman–Crippen MR) is 84.8 cm³/mol. The number of hydrogen-bond acceptors (Lipinski definition) is 4. The number of carbonyl (C=O) groups excluding carboxylic acids is 1. The third-order valence-corrected chi connectivity index (χ3v) is 3.71. The smallest absolute Gasteiger partial charge is 0.270 e. The van der Waals surface area contributed by atoms with Crippen molar-refractivity contribution in [3.8, 4) is 11.8 Å². The van der Waals surface area contributed by atoms with Crippen molar-refractivity contribution in [2.24, 2.45) is 5.92 Å². The summed E-state index contributed by atoms with van der Waals surface area (Å²) >= 11 is 0. The standard InChI is InChI=1S/C18H17N3O2/c19-9-14-7-8-16(20-10-14)18(22)21-11-15-3-1-2-4-17(15)23-12-13-5-6-13/h1-4,7-8,10,13H,5-6,11-12H2,(H,21,22). The van der Waals surface area contributed by atoms with Gasteiger partial charge >= 0.3 is 0 Å². The van der Waals surface area contributed by atoms with Gasteiger partial charge in [-0.25, -0.2) is 4.98 Å². The van der Waals surface area contributed by atoms with Crippen molar-refractivity contribution in [2.45, 2.75) is 19.4 Å². The van der Waals surface area contributed by atoms with Crippen LogP contribution in [0.25, 0.3) is 0 Å². The van der Waals surface area contributed by atoms with Gasteiger partial charge < -0.3 is 10.1 Å². The van der Waals surface area contributed by atoms with Crippen molar-refractivity contribution in [2.75, 3.05) is 6.61 Å². The fourth-order valence-corrected chi connectivity index (χ4v) is 2.14. The number of carbonyl (C=O) groups is 1. The van der Waals surface area contributed by atoms with E-state index in [2.05, 4.69) is 10.3 Å². The van der Waals surface area contributed by atoms with Crippen LogP contribution in [0.15, 0.2) is 42.6 Å². The van der Waals surface area contributed by atoms with Gasteiger partial charge in [0.05, 0.1) is 12.2 Å². The molecule has 1 N–H and O–H groups in total. The number of para-hydroxylation sites is 1. The second kappa shape index (κ2) is 6.93. The molecule has 1 aromatic heterocycles. The second-order valence-corrected chi connectivity index (χ2v) is 5.59. The summed E-state index contributed by atoms with van der Waals surface area (Å²) in [5.74, 6) is 1.22. The van der Waals surface area contributed by atoms with E-state index in [1.165, 1.54) is 19.0 Å². The molecule has 1 fully saturated rings. The fraction of sp³-hybridized carbons (Fsp3) is 0.278. The molecule has 1 aromatic carbocycles. The predicted octanol–water partition coefficient (Wildman–Crippen LogP) is 2.67. The minimum absolute atomic E-state index is 0.272. The molecule has 5 heteroatoms. The molecule has 23 heavy (non-hydrogen) atoms. The van der Waals surface area contributed by atoms with E-state index < -0.39 is 0 Å². The zero-order valence-corrected chi connectivity index (χ0v) is 12.7. The number of hydrogen-bond donors (Lipinski definition) is 1. The van der Waals surface area contributed by atoms with E-state index >= 15 is 0 Å². The van der Waals surface area contributed by atoms with Crippen molar-refractivity contribution in [1.29, 1.82) is 5.26 Å². The zero-order chi connectivity index (χ0) is 16.1. The molecule has 3 rings (SSSR count). The zero-order valence-electron chi connectivity index (χ0n) is 12.7. The summed E-state index contributed by atoms with van der Waals surface area (Å²) in [6.45, 7) is 1.11. The molecule has 0 radical (unpaired) electrons. The van der Waals surface area contributed by atoms with Crippen LogP contribution in [0.1, 0.15) is 34.5 Å². The first kappa shape index (κ1) is 15.0. The molecule has 0 aliphatic heterocycles. The Morgan fingerprint density at radius 1 is 1.30 bits per heavy atom. The van der Waals surface area contributed by atoms with Crippen LogP contribution in [-0.4, -0.2) is 17.5 Å². The molecular formula is C18H17N3O2. The van der Waals surface area contributed by atoms with E-state index in [0.717, 1.165) is 17.9 Å². The van der Waals surface area contributed by atoms with Gasteiger partial charge in [0.2, 0.25) is 0 Å². The number of benzene rings is 1. The Bertz CT molecular complexity index is 731. The lowest BCUT2D eigenvalue weighted by molar-refractivity contribution is 0.0945. The van der Waals surface area contributed by atoms with Crippen molar-refractivity contribution >= 4 is 5.91 Å². The van der Waals surface area contributed by atoms with E-state index in [1.807, 2.05) is 30.3 Å². The number of nitriles is 1. The van der Waals surface area contributed by atoms with Crippen LogP contribution in [0.5, 0.6) is 5.75 Å². The maximum atomic E-state index is 12.1. The average Bonchev–Trinajstić information content (AvgIpc) is 3.43. The third kappa shape index (κ3) is 4.07. The van der Waals surface area contributed by atoms with Crippen LogP contribution in [0.3, 0.4) is 0 Å². The lowest BCUT2D eigenvalue weighted by atomic mass is 10.2. The lowest BCUT2D eigenvalue weighted by Crippen LogP contribution is -2.24. The van der Waals surface area contributed by atoms with Gasteiger partial charge in [0.1, 0.15) is 17.5 Å². The highest BCUT2D eigenvalue weighted by molar-refractivity contribution is 5.92. The van der Waals surface area contributed by atoms with Gasteiger partial charge in [0, 0.05) is 18.3 Å². The number of pyridine rings is 1. The number of nitrogens with zero attached hydrogens (tertiary/aromatic N) is 2. The molecule has 1 amide bonds. The van der Waals surface area contributed by atoms with Crippen LogP contribution < -0.4 is 10.1 Å². The van der Waals surface area contributed by atoms with Gasteiger partial charge in [-0.2, -0.15) is 5.26 Å². The molecular weight excluding hydrogens is 290 g/mol. The van der Waals surface area contributed by atoms with Gasteiger partial charge in [-0.1, -0.05) is 18.2 Å². The number of amides is 1. The molecule has 1 heterocycles. The van der Waals surface area contributed by atoms with Crippen molar-refractivity contribution in [3.05, 3.63) is 59.4 Å². The van der Waals surface area contributed by atoms with Gasteiger partial charge in [-0.15, -0.1) is 0 Å². The first-order valence-electron chi connectivity index (χ1n) is 7.61. The molecule has 1 saturated carbocycles. The van der Waals surface area contributed by atoms with E-state index in [4.69, 9.17) is 10.00 Å². The molecule has 0 bridgehead atoms. The Balaban J connectivity index is 1.60. The highest BCUT2D eigenvalue weighted by atomic mass is 16.5. The first-order chi connectivity index (χ1) is 11.3.